The molecule has 0 saturated carbocycles. The van der Waals surface area contributed by atoms with Gasteiger partial charge in [-0.15, -0.1) is 21.5 Å². The molecule has 0 atom stereocenters. The number of piperazine rings is 1. The Balaban J connectivity index is 1.87. The molecule has 0 radical (unpaired) electrons. The molecule has 7 nitrogen and oxygen atoms in total. The van der Waals surface area contributed by atoms with Gasteiger partial charge < -0.3 is 9.80 Å². The highest BCUT2D eigenvalue weighted by Crippen LogP contribution is 2.34. The summed E-state index contributed by atoms with van der Waals surface area (Å²) in [7, 11) is 2.14. The van der Waals surface area contributed by atoms with Crippen molar-refractivity contribution in [3.05, 3.63) is 12.4 Å². The Morgan fingerprint density at radius 1 is 1.00 bits per heavy atom. The summed E-state index contributed by atoms with van der Waals surface area (Å²) in [6.45, 7) is 3.98. The molecule has 4 rings (SSSR count). The Labute approximate surface area is 119 Å². The molecule has 4 heterocycles. The van der Waals surface area contributed by atoms with E-state index in [4.69, 9.17) is 0 Å². The monoisotopic (exact) mass is 287 g/mol. The van der Waals surface area contributed by atoms with E-state index < -0.39 is 0 Å². The van der Waals surface area contributed by atoms with Crippen LogP contribution in [0.3, 0.4) is 0 Å². The number of anilines is 1. The summed E-state index contributed by atoms with van der Waals surface area (Å²) in [6.07, 6.45) is 3.39. The minimum Gasteiger partial charge on any atom is -0.351 e. The normalized spacial score (nSPS) is 17.1. The Kier molecular flexibility index (Phi) is 2.71. The smallest absolute Gasteiger partial charge is 0.172 e. The Bertz CT molecular complexity index is 763. The molecule has 8 heteroatoms. The lowest BCUT2D eigenvalue weighted by Gasteiger charge is -2.32. The molecule has 1 saturated heterocycles. The number of thiophene rings is 1. The summed E-state index contributed by atoms with van der Waals surface area (Å²) in [5.74, 6) is 0.910. The molecule has 3 aromatic rings. The van der Waals surface area contributed by atoms with Crippen molar-refractivity contribution in [2.24, 2.45) is 0 Å². The van der Waals surface area contributed by atoms with E-state index in [1.54, 1.807) is 23.7 Å². The Morgan fingerprint density at radius 3 is 2.65 bits per heavy atom. The van der Waals surface area contributed by atoms with Crippen LogP contribution in [0, 0.1) is 0 Å². The highest BCUT2D eigenvalue weighted by atomic mass is 32.1. The number of hydrogen-bond acceptors (Lipinski definition) is 8. The Hall–Kier alpha value is -1.93. The van der Waals surface area contributed by atoms with Crippen LogP contribution in [0.5, 0.6) is 0 Å². The van der Waals surface area contributed by atoms with Gasteiger partial charge in [-0.25, -0.2) is 9.97 Å². The molecule has 0 N–H and O–H groups in total. The van der Waals surface area contributed by atoms with E-state index in [9.17, 15) is 0 Å². The third-order valence-corrected chi connectivity index (χ3v) is 4.67. The van der Waals surface area contributed by atoms with Crippen molar-refractivity contribution in [1.29, 1.82) is 0 Å². The lowest BCUT2D eigenvalue weighted by Crippen LogP contribution is -2.44. The van der Waals surface area contributed by atoms with Crippen LogP contribution in [0.2, 0.25) is 0 Å². The van der Waals surface area contributed by atoms with E-state index in [-0.39, 0.29) is 0 Å². The van der Waals surface area contributed by atoms with Gasteiger partial charge in [0.2, 0.25) is 0 Å². The second-order valence-electron chi connectivity index (χ2n) is 4.89. The second-order valence-corrected chi connectivity index (χ2v) is 5.89. The number of hydrogen-bond donors (Lipinski definition) is 0. The summed E-state index contributed by atoms with van der Waals surface area (Å²) in [6, 6.07) is 0. The Morgan fingerprint density at radius 2 is 1.80 bits per heavy atom. The summed E-state index contributed by atoms with van der Waals surface area (Å²) >= 11 is 1.59. The summed E-state index contributed by atoms with van der Waals surface area (Å²) in [4.78, 5) is 14.2. The number of nitrogens with zero attached hydrogens (tertiary/aromatic N) is 7. The summed E-state index contributed by atoms with van der Waals surface area (Å²) in [5.41, 5.74) is 1.62. The van der Waals surface area contributed by atoms with Crippen LogP contribution in [0.15, 0.2) is 12.4 Å². The topological polar surface area (TPSA) is 70.9 Å². The number of fused-ring (bicyclic) bond motifs is 3. The van der Waals surface area contributed by atoms with Crippen molar-refractivity contribution < 1.29 is 0 Å². The van der Waals surface area contributed by atoms with E-state index in [0.717, 1.165) is 52.6 Å². The van der Waals surface area contributed by atoms with Crippen LogP contribution in [-0.4, -0.2) is 63.5 Å². The van der Waals surface area contributed by atoms with Crippen LogP contribution in [0.25, 0.3) is 20.6 Å². The van der Waals surface area contributed by atoms with E-state index in [2.05, 4.69) is 42.2 Å². The number of rotatable bonds is 1. The van der Waals surface area contributed by atoms with Gasteiger partial charge in [0.15, 0.2) is 5.82 Å². The van der Waals surface area contributed by atoms with E-state index in [0.29, 0.717) is 0 Å². The standard InChI is InChI=1S/C12H13N7S/c1-18-4-6-19(7-5-18)11-10-8(15-17-16-11)9-12(20-10)14-3-2-13-9/h2-3H,4-7H2,1H3. The van der Waals surface area contributed by atoms with E-state index in [1.165, 1.54) is 0 Å². The zero-order chi connectivity index (χ0) is 13.5. The van der Waals surface area contributed by atoms with Gasteiger partial charge in [-0.1, -0.05) is 0 Å². The lowest BCUT2D eigenvalue weighted by molar-refractivity contribution is 0.312. The highest BCUT2D eigenvalue weighted by Gasteiger charge is 2.21. The lowest BCUT2D eigenvalue weighted by atomic mass is 10.3. The number of aromatic nitrogens is 5. The molecule has 3 aromatic heterocycles. The van der Waals surface area contributed by atoms with Crippen molar-refractivity contribution >= 4 is 37.7 Å². The van der Waals surface area contributed by atoms with Crippen molar-refractivity contribution in [2.45, 2.75) is 0 Å². The van der Waals surface area contributed by atoms with Gasteiger partial charge in [-0.05, 0) is 12.3 Å². The van der Waals surface area contributed by atoms with Crippen LogP contribution >= 0.6 is 11.3 Å². The van der Waals surface area contributed by atoms with Gasteiger partial charge in [0.1, 0.15) is 20.6 Å². The van der Waals surface area contributed by atoms with Gasteiger partial charge >= 0.3 is 0 Å². The first-order chi connectivity index (χ1) is 9.83. The largest absolute Gasteiger partial charge is 0.351 e. The SMILES string of the molecule is CN1CCN(c2nnnc3c2sc2nccnc23)CC1. The van der Waals surface area contributed by atoms with E-state index in [1.807, 2.05) is 0 Å². The van der Waals surface area contributed by atoms with Crippen LogP contribution in [0.4, 0.5) is 5.82 Å². The molecule has 0 aromatic carbocycles. The maximum Gasteiger partial charge on any atom is 0.172 e. The molecule has 1 aliphatic heterocycles. The molecule has 20 heavy (non-hydrogen) atoms. The van der Waals surface area contributed by atoms with Crippen LogP contribution < -0.4 is 4.90 Å². The molecule has 0 unspecified atom stereocenters. The third-order valence-electron chi connectivity index (χ3n) is 3.59. The number of likely N-dealkylation sites (N-methyl/N-ethyl adjacent to an activating group) is 1. The van der Waals surface area contributed by atoms with Crippen molar-refractivity contribution in [1.82, 2.24) is 30.3 Å². The molecular formula is C12H13N7S. The van der Waals surface area contributed by atoms with E-state index >= 15 is 0 Å². The zero-order valence-corrected chi connectivity index (χ0v) is 11.8. The van der Waals surface area contributed by atoms with Crippen LogP contribution in [-0.2, 0) is 0 Å². The van der Waals surface area contributed by atoms with Crippen molar-refractivity contribution in [3.8, 4) is 0 Å². The predicted molar refractivity (Wildman–Crippen MR) is 78.0 cm³/mol. The zero-order valence-electron chi connectivity index (χ0n) is 11.0. The fourth-order valence-electron chi connectivity index (χ4n) is 2.44. The quantitative estimate of drug-likeness (QED) is 0.655. The third kappa shape index (κ3) is 1.80. The first-order valence-electron chi connectivity index (χ1n) is 6.49. The second kappa shape index (κ2) is 4.57. The predicted octanol–water partition coefficient (Wildman–Crippen LogP) is 0.781. The van der Waals surface area contributed by atoms with Gasteiger partial charge in [0.25, 0.3) is 0 Å². The molecule has 0 amide bonds. The highest BCUT2D eigenvalue weighted by molar-refractivity contribution is 7.25. The molecule has 1 aliphatic rings. The minimum absolute atomic E-state index is 0.807. The molecular weight excluding hydrogens is 274 g/mol. The molecule has 102 valence electrons. The van der Waals surface area contributed by atoms with Crippen LogP contribution in [0.1, 0.15) is 0 Å². The first kappa shape index (κ1) is 11.9. The molecule has 0 spiro atoms. The average Bonchev–Trinajstić information content (AvgIpc) is 2.87. The average molecular weight is 287 g/mol. The van der Waals surface area contributed by atoms with Gasteiger partial charge in [0.05, 0.1) is 0 Å². The molecule has 1 fully saturated rings. The van der Waals surface area contributed by atoms with Crippen molar-refractivity contribution in [3.63, 3.8) is 0 Å². The van der Waals surface area contributed by atoms with Gasteiger partial charge in [0, 0.05) is 38.6 Å². The minimum atomic E-state index is 0.807. The molecule has 0 aliphatic carbocycles. The summed E-state index contributed by atoms with van der Waals surface area (Å²) in [5, 5.41) is 12.3. The van der Waals surface area contributed by atoms with Gasteiger partial charge in [-0.3, -0.25) is 0 Å². The fourth-order valence-corrected chi connectivity index (χ4v) is 3.49. The van der Waals surface area contributed by atoms with Gasteiger partial charge in [-0.2, -0.15) is 0 Å². The first-order valence-corrected chi connectivity index (χ1v) is 7.30. The summed E-state index contributed by atoms with van der Waals surface area (Å²) < 4.78 is 1.03. The maximum atomic E-state index is 4.36. The maximum absolute atomic E-state index is 4.36. The fraction of sp³-hybridized carbons (Fsp3) is 0.417. The van der Waals surface area contributed by atoms with Crippen molar-refractivity contribution in [2.75, 3.05) is 38.1 Å². The molecule has 0 bridgehead atoms.